The van der Waals surface area contributed by atoms with Gasteiger partial charge in [0.25, 0.3) is 0 Å². The summed E-state index contributed by atoms with van der Waals surface area (Å²) in [4.78, 5) is 0. The third kappa shape index (κ3) is 5.56. The van der Waals surface area contributed by atoms with Crippen molar-refractivity contribution in [2.45, 2.75) is 26.7 Å². The third-order valence-electron chi connectivity index (χ3n) is 0.621. The van der Waals surface area contributed by atoms with Gasteiger partial charge in [-0.15, -0.1) is 5.92 Å². The van der Waals surface area contributed by atoms with Crippen molar-refractivity contribution < 1.29 is 0 Å². The molecule has 0 aromatic carbocycles. The molecular formula is C7H11. The van der Waals surface area contributed by atoms with Crippen molar-refractivity contribution in [2.24, 2.45) is 0 Å². The molecule has 1 radical (unpaired) electrons. The minimum atomic E-state index is 1.03. The highest BCUT2D eigenvalue weighted by atomic mass is 13.7. The van der Waals surface area contributed by atoms with Crippen LogP contribution < -0.4 is 0 Å². The molecule has 0 aromatic heterocycles. The summed E-state index contributed by atoms with van der Waals surface area (Å²) in [6, 6.07) is 0. The van der Waals surface area contributed by atoms with E-state index in [-0.39, 0.29) is 0 Å². The number of hydrogen-bond donors (Lipinski definition) is 0. The quantitative estimate of drug-likeness (QED) is 0.437. The average Bonchev–Trinajstić information content (AvgIpc) is 1.69. The molecule has 0 heteroatoms. The van der Waals surface area contributed by atoms with Crippen LogP contribution in [0.15, 0.2) is 0 Å². The standard InChI is InChI=1S/C7H11/c1-3-5-7-6-4-2/h3H,4,6H2,1-2H3. The highest BCUT2D eigenvalue weighted by Crippen LogP contribution is 1.80. The Kier molecular flexibility index (Phi) is 5.21. The second-order valence-corrected chi connectivity index (χ2v) is 1.36. The molecular weight excluding hydrogens is 84.1 g/mol. The molecule has 0 saturated heterocycles. The van der Waals surface area contributed by atoms with Crippen molar-refractivity contribution >= 4 is 0 Å². The number of hydrogen-bond acceptors (Lipinski definition) is 0. The Bertz CT molecular complexity index is 71.8. The van der Waals surface area contributed by atoms with Gasteiger partial charge in [0.15, 0.2) is 0 Å². The van der Waals surface area contributed by atoms with Crippen molar-refractivity contribution in [1.29, 1.82) is 0 Å². The summed E-state index contributed by atoms with van der Waals surface area (Å²) in [7, 11) is 0. The van der Waals surface area contributed by atoms with Gasteiger partial charge in [0.1, 0.15) is 0 Å². The second-order valence-electron chi connectivity index (χ2n) is 1.36. The van der Waals surface area contributed by atoms with Crippen LogP contribution in [-0.2, 0) is 0 Å². The summed E-state index contributed by atoms with van der Waals surface area (Å²) in [5, 5.41) is 0. The summed E-state index contributed by atoms with van der Waals surface area (Å²) in [5.74, 6) is 5.85. The van der Waals surface area contributed by atoms with Crippen LogP contribution in [0.4, 0.5) is 0 Å². The molecule has 0 nitrogen and oxygen atoms in total. The Morgan fingerprint density at radius 1 is 1.57 bits per heavy atom. The van der Waals surface area contributed by atoms with E-state index in [9.17, 15) is 0 Å². The Labute approximate surface area is 45.9 Å². The molecule has 0 aliphatic rings. The van der Waals surface area contributed by atoms with Gasteiger partial charge in [-0.3, -0.25) is 0 Å². The molecule has 0 atom stereocenters. The van der Waals surface area contributed by atoms with Crippen molar-refractivity contribution in [3.63, 3.8) is 0 Å². The molecule has 0 saturated carbocycles. The molecule has 0 rings (SSSR count). The zero-order valence-electron chi connectivity index (χ0n) is 4.99. The fourth-order valence-electron chi connectivity index (χ4n) is 0.299. The van der Waals surface area contributed by atoms with Gasteiger partial charge < -0.3 is 0 Å². The normalized spacial score (nSPS) is 7.14. The molecule has 0 aliphatic heterocycles. The first-order chi connectivity index (χ1) is 3.41. The molecule has 7 heavy (non-hydrogen) atoms. The molecule has 0 unspecified atom stereocenters. The van der Waals surface area contributed by atoms with Crippen LogP contribution in [0.2, 0.25) is 0 Å². The van der Waals surface area contributed by atoms with Crippen molar-refractivity contribution in [3.8, 4) is 11.8 Å². The van der Waals surface area contributed by atoms with Crippen LogP contribution in [0.25, 0.3) is 0 Å². The minimum Gasteiger partial charge on any atom is -0.103 e. The van der Waals surface area contributed by atoms with Gasteiger partial charge in [-0.05, 0) is 6.42 Å². The molecule has 0 fully saturated rings. The van der Waals surface area contributed by atoms with Gasteiger partial charge >= 0.3 is 0 Å². The summed E-state index contributed by atoms with van der Waals surface area (Å²) < 4.78 is 0. The van der Waals surface area contributed by atoms with E-state index in [1.165, 1.54) is 6.42 Å². The Balaban J connectivity index is 2.91. The van der Waals surface area contributed by atoms with E-state index in [1.807, 2.05) is 13.3 Å². The third-order valence-corrected chi connectivity index (χ3v) is 0.621. The van der Waals surface area contributed by atoms with E-state index in [0.717, 1.165) is 6.42 Å². The van der Waals surface area contributed by atoms with Crippen LogP contribution >= 0.6 is 0 Å². The molecule has 0 aromatic rings. The topological polar surface area (TPSA) is 0 Å². The maximum Gasteiger partial charge on any atom is 0.0309 e. The van der Waals surface area contributed by atoms with E-state index >= 15 is 0 Å². The summed E-state index contributed by atoms with van der Waals surface area (Å²) in [6.07, 6.45) is 4.07. The van der Waals surface area contributed by atoms with E-state index in [2.05, 4.69) is 18.8 Å². The molecule has 0 heterocycles. The van der Waals surface area contributed by atoms with Crippen LogP contribution in [0.3, 0.4) is 0 Å². The van der Waals surface area contributed by atoms with Crippen LogP contribution in [0.5, 0.6) is 0 Å². The highest BCUT2D eigenvalue weighted by molar-refractivity contribution is 5.07. The van der Waals surface area contributed by atoms with Gasteiger partial charge in [-0.2, -0.15) is 0 Å². The lowest BCUT2D eigenvalue weighted by molar-refractivity contribution is 0.983. The van der Waals surface area contributed by atoms with E-state index in [1.54, 1.807) is 0 Å². The largest absolute Gasteiger partial charge is 0.103 e. The first-order valence-corrected chi connectivity index (χ1v) is 2.68. The van der Waals surface area contributed by atoms with Crippen LogP contribution in [-0.4, -0.2) is 0 Å². The summed E-state index contributed by atoms with van der Waals surface area (Å²) >= 11 is 0. The lowest BCUT2D eigenvalue weighted by Crippen LogP contribution is -1.60. The number of rotatable bonds is 1. The predicted molar refractivity (Wildman–Crippen MR) is 32.7 cm³/mol. The first-order valence-electron chi connectivity index (χ1n) is 2.68. The minimum absolute atomic E-state index is 1.03. The monoisotopic (exact) mass is 95.1 g/mol. The molecule has 0 N–H and O–H groups in total. The predicted octanol–water partition coefficient (Wildman–Crippen LogP) is 2.01. The molecule has 0 aliphatic carbocycles. The average molecular weight is 95.2 g/mol. The molecule has 0 amide bonds. The number of unbranched alkanes of at least 4 members (excludes halogenated alkanes) is 1. The van der Waals surface area contributed by atoms with Gasteiger partial charge in [-0.25, -0.2) is 0 Å². The maximum atomic E-state index is 2.98. The molecule has 0 bridgehead atoms. The van der Waals surface area contributed by atoms with Crippen molar-refractivity contribution in [2.75, 3.05) is 0 Å². The zero-order chi connectivity index (χ0) is 5.54. The van der Waals surface area contributed by atoms with Crippen LogP contribution in [0.1, 0.15) is 26.7 Å². The Hall–Kier alpha value is -0.440. The van der Waals surface area contributed by atoms with Gasteiger partial charge in [-0.1, -0.05) is 19.8 Å². The van der Waals surface area contributed by atoms with Gasteiger partial charge in [0.2, 0.25) is 0 Å². The van der Waals surface area contributed by atoms with E-state index in [4.69, 9.17) is 0 Å². The fourth-order valence-corrected chi connectivity index (χ4v) is 0.299. The smallest absolute Gasteiger partial charge is 0.0309 e. The lowest BCUT2D eigenvalue weighted by Gasteiger charge is -1.73. The van der Waals surface area contributed by atoms with Crippen molar-refractivity contribution in [1.82, 2.24) is 0 Å². The van der Waals surface area contributed by atoms with Crippen molar-refractivity contribution in [3.05, 3.63) is 6.42 Å². The Morgan fingerprint density at radius 3 is 2.71 bits per heavy atom. The van der Waals surface area contributed by atoms with E-state index < -0.39 is 0 Å². The highest BCUT2D eigenvalue weighted by Gasteiger charge is 1.66. The SMILES string of the molecule is C[CH]C#CCCC. The molecule has 39 valence electrons. The van der Waals surface area contributed by atoms with Gasteiger partial charge in [0, 0.05) is 12.8 Å². The summed E-state index contributed by atoms with van der Waals surface area (Å²) in [6.45, 7) is 4.08. The van der Waals surface area contributed by atoms with E-state index in [0.29, 0.717) is 0 Å². The molecule has 0 spiro atoms. The van der Waals surface area contributed by atoms with Gasteiger partial charge in [0.05, 0.1) is 0 Å². The first kappa shape index (κ1) is 6.56. The second kappa shape index (κ2) is 5.56. The van der Waals surface area contributed by atoms with Crippen LogP contribution in [0, 0.1) is 18.3 Å². The zero-order valence-corrected chi connectivity index (χ0v) is 4.99. The Morgan fingerprint density at radius 2 is 2.29 bits per heavy atom. The summed E-state index contributed by atoms with van der Waals surface area (Å²) in [5.41, 5.74) is 0. The lowest BCUT2D eigenvalue weighted by atomic mass is 10.3. The fraction of sp³-hybridized carbons (Fsp3) is 0.571. The maximum absolute atomic E-state index is 2.98.